The van der Waals surface area contributed by atoms with Crippen molar-refractivity contribution in [2.24, 2.45) is 0 Å². The zero-order valence-corrected chi connectivity index (χ0v) is 15.8. The topological polar surface area (TPSA) is 66.0 Å². The minimum absolute atomic E-state index is 0.0753. The van der Waals surface area contributed by atoms with Crippen LogP contribution in [0.15, 0.2) is 64.6 Å². The molecule has 134 valence electrons. The standard InChI is InChI=1S/C21H14Cl2N2O2/c1-13-2-5-16(6-3-13)25-21(26)14(12-24)10-17-7-9-20(27-17)18-11-15(22)4-8-19(18)23/h2-11H,1H3,(H,25,26)/b14-10+. The quantitative estimate of drug-likeness (QED) is 0.427. The lowest BCUT2D eigenvalue weighted by molar-refractivity contribution is -0.112. The summed E-state index contributed by atoms with van der Waals surface area (Å²) in [5, 5.41) is 13.0. The summed E-state index contributed by atoms with van der Waals surface area (Å²) in [6.45, 7) is 1.95. The normalized spacial score (nSPS) is 11.1. The molecule has 0 aliphatic heterocycles. The molecule has 1 aromatic heterocycles. The maximum absolute atomic E-state index is 12.3. The Kier molecular flexibility index (Phi) is 5.66. The van der Waals surface area contributed by atoms with Gasteiger partial charge < -0.3 is 9.73 Å². The first kappa shape index (κ1) is 18.8. The number of benzene rings is 2. The van der Waals surface area contributed by atoms with Gasteiger partial charge in [0.1, 0.15) is 23.2 Å². The second-order valence-electron chi connectivity index (χ2n) is 5.82. The summed E-state index contributed by atoms with van der Waals surface area (Å²) in [6.07, 6.45) is 1.38. The molecule has 2 aromatic carbocycles. The molecule has 0 bridgehead atoms. The molecule has 4 nitrogen and oxygen atoms in total. The zero-order valence-electron chi connectivity index (χ0n) is 14.3. The van der Waals surface area contributed by atoms with Crippen LogP contribution in [0.5, 0.6) is 0 Å². The average molecular weight is 397 g/mol. The average Bonchev–Trinajstić information content (AvgIpc) is 3.12. The Bertz CT molecular complexity index is 1060. The lowest BCUT2D eigenvalue weighted by Crippen LogP contribution is -2.13. The first-order valence-electron chi connectivity index (χ1n) is 8.01. The molecule has 0 unspecified atom stereocenters. The molecular formula is C21H14Cl2N2O2. The van der Waals surface area contributed by atoms with E-state index in [0.717, 1.165) is 5.56 Å². The zero-order chi connectivity index (χ0) is 19.4. The number of hydrogen-bond donors (Lipinski definition) is 1. The molecule has 0 fully saturated rings. The Balaban J connectivity index is 1.83. The highest BCUT2D eigenvalue weighted by atomic mass is 35.5. The van der Waals surface area contributed by atoms with Crippen LogP contribution in [0.2, 0.25) is 10.0 Å². The predicted octanol–water partition coefficient (Wildman–Crippen LogP) is 6.11. The van der Waals surface area contributed by atoms with Crippen molar-refractivity contribution in [3.05, 3.63) is 81.5 Å². The summed E-state index contributed by atoms with van der Waals surface area (Å²) in [6, 6.07) is 17.6. The Morgan fingerprint density at radius 1 is 1.11 bits per heavy atom. The number of hydrogen-bond acceptors (Lipinski definition) is 3. The van der Waals surface area contributed by atoms with Gasteiger partial charge in [-0.2, -0.15) is 5.26 Å². The Labute approximate surface area is 166 Å². The van der Waals surface area contributed by atoms with Gasteiger partial charge in [-0.05, 0) is 49.4 Å². The van der Waals surface area contributed by atoms with Crippen LogP contribution >= 0.6 is 23.2 Å². The number of aryl methyl sites for hydroxylation is 1. The van der Waals surface area contributed by atoms with Crippen molar-refractivity contribution in [1.29, 1.82) is 5.26 Å². The van der Waals surface area contributed by atoms with E-state index < -0.39 is 5.91 Å². The van der Waals surface area contributed by atoms with Crippen LogP contribution in [0, 0.1) is 18.3 Å². The number of anilines is 1. The number of nitrogens with zero attached hydrogens (tertiary/aromatic N) is 1. The number of rotatable bonds is 4. The molecule has 3 rings (SSSR count). The molecule has 3 aromatic rings. The van der Waals surface area contributed by atoms with Gasteiger partial charge in [-0.3, -0.25) is 4.79 Å². The molecule has 0 aliphatic carbocycles. The van der Waals surface area contributed by atoms with E-state index in [4.69, 9.17) is 27.6 Å². The Morgan fingerprint density at radius 3 is 2.56 bits per heavy atom. The fourth-order valence-electron chi connectivity index (χ4n) is 2.39. The van der Waals surface area contributed by atoms with Crippen LogP contribution < -0.4 is 5.32 Å². The van der Waals surface area contributed by atoms with Gasteiger partial charge in [0.05, 0.1) is 5.02 Å². The third-order valence-electron chi connectivity index (χ3n) is 3.78. The molecule has 1 amide bonds. The first-order chi connectivity index (χ1) is 13.0. The number of carbonyl (C=O) groups is 1. The van der Waals surface area contributed by atoms with Crippen molar-refractivity contribution in [3.8, 4) is 17.4 Å². The summed E-state index contributed by atoms with van der Waals surface area (Å²) in [4.78, 5) is 12.3. The summed E-state index contributed by atoms with van der Waals surface area (Å²) in [5.74, 6) is 0.335. The van der Waals surface area contributed by atoms with Crippen molar-refractivity contribution in [1.82, 2.24) is 0 Å². The highest BCUT2D eigenvalue weighted by Crippen LogP contribution is 2.32. The molecule has 0 saturated heterocycles. The van der Waals surface area contributed by atoms with Crippen LogP contribution in [0.1, 0.15) is 11.3 Å². The number of amides is 1. The molecule has 0 saturated carbocycles. The third kappa shape index (κ3) is 4.59. The predicted molar refractivity (Wildman–Crippen MR) is 108 cm³/mol. The van der Waals surface area contributed by atoms with E-state index in [9.17, 15) is 10.1 Å². The van der Waals surface area contributed by atoms with Crippen LogP contribution in [0.4, 0.5) is 5.69 Å². The fourth-order valence-corrected chi connectivity index (χ4v) is 2.77. The minimum atomic E-state index is -0.514. The lowest BCUT2D eigenvalue weighted by Gasteiger charge is -2.04. The second-order valence-corrected chi connectivity index (χ2v) is 6.66. The number of furan rings is 1. The van der Waals surface area contributed by atoms with Crippen molar-refractivity contribution in [3.63, 3.8) is 0 Å². The monoisotopic (exact) mass is 396 g/mol. The summed E-state index contributed by atoms with van der Waals surface area (Å²) >= 11 is 12.2. The highest BCUT2D eigenvalue weighted by molar-refractivity contribution is 6.35. The van der Waals surface area contributed by atoms with E-state index in [1.165, 1.54) is 6.08 Å². The van der Waals surface area contributed by atoms with E-state index in [0.29, 0.717) is 32.8 Å². The first-order valence-corrected chi connectivity index (χ1v) is 8.77. The largest absolute Gasteiger partial charge is 0.457 e. The summed E-state index contributed by atoms with van der Waals surface area (Å²) in [7, 11) is 0. The Morgan fingerprint density at radius 2 is 1.85 bits per heavy atom. The van der Waals surface area contributed by atoms with Crippen molar-refractivity contribution in [2.45, 2.75) is 6.92 Å². The lowest BCUT2D eigenvalue weighted by atomic mass is 10.2. The van der Waals surface area contributed by atoms with Gasteiger partial charge in [0.15, 0.2) is 0 Å². The minimum Gasteiger partial charge on any atom is -0.457 e. The van der Waals surface area contributed by atoms with Gasteiger partial charge in [0, 0.05) is 22.3 Å². The number of halogens is 2. The molecule has 0 spiro atoms. The van der Waals surface area contributed by atoms with E-state index in [1.54, 1.807) is 42.5 Å². The van der Waals surface area contributed by atoms with E-state index in [1.807, 2.05) is 25.1 Å². The SMILES string of the molecule is Cc1ccc(NC(=O)/C(C#N)=C/c2ccc(-c3cc(Cl)ccc3Cl)o2)cc1. The summed E-state index contributed by atoms with van der Waals surface area (Å²) < 4.78 is 5.70. The van der Waals surface area contributed by atoms with Gasteiger partial charge in [0.25, 0.3) is 5.91 Å². The van der Waals surface area contributed by atoms with Crippen molar-refractivity contribution < 1.29 is 9.21 Å². The molecule has 0 radical (unpaired) electrons. The molecule has 0 aliphatic rings. The smallest absolute Gasteiger partial charge is 0.266 e. The molecule has 1 heterocycles. The van der Waals surface area contributed by atoms with Gasteiger partial charge in [-0.15, -0.1) is 0 Å². The summed E-state index contributed by atoms with van der Waals surface area (Å²) in [5.41, 5.74) is 2.24. The van der Waals surface area contributed by atoms with E-state index >= 15 is 0 Å². The maximum atomic E-state index is 12.3. The van der Waals surface area contributed by atoms with Crippen LogP contribution in [-0.4, -0.2) is 5.91 Å². The van der Waals surface area contributed by atoms with Crippen molar-refractivity contribution >= 4 is 40.9 Å². The number of nitrogens with one attached hydrogen (secondary N) is 1. The maximum Gasteiger partial charge on any atom is 0.266 e. The second kappa shape index (κ2) is 8.13. The van der Waals surface area contributed by atoms with Crippen molar-refractivity contribution in [2.75, 3.05) is 5.32 Å². The number of nitriles is 1. The molecule has 0 atom stereocenters. The fraction of sp³-hybridized carbons (Fsp3) is 0.0476. The van der Waals surface area contributed by atoms with E-state index in [2.05, 4.69) is 5.32 Å². The van der Waals surface area contributed by atoms with Crippen LogP contribution in [-0.2, 0) is 4.79 Å². The third-order valence-corrected chi connectivity index (χ3v) is 4.35. The van der Waals surface area contributed by atoms with Crippen LogP contribution in [0.25, 0.3) is 17.4 Å². The highest BCUT2D eigenvalue weighted by Gasteiger charge is 2.13. The number of carbonyl (C=O) groups excluding carboxylic acids is 1. The van der Waals surface area contributed by atoms with E-state index in [-0.39, 0.29) is 5.57 Å². The Hall–Kier alpha value is -3.00. The molecule has 1 N–H and O–H groups in total. The van der Waals surface area contributed by atoms with Gasteiger partial charge in [-0.25, -0.2) is 0 Å². The molecule has 27 heavy (non-hydrogen) atoms. The van der Waals surface area contributed by atoms with Gasteiger partial charge in [-0.1, -0.05) is 40.9 Å². The van der Waals surface area contributed by atoms with Gasteiger partial charge >= 0.3 is 0 Å². The molecule has 6 heteroatoms. The van der Waals surface area contributed by atoms with Crippen LogP contribution in [0.3, 0.4) is 0 Å². The molecular weight excluding hydrogens is 383 g/mol. The van der Waals surface area contributed by atoms with Gasteiger partial charge in [0.2, 0.25) is 0 Å².